The van der Waals surface area contributed by atoms with Gasteiger partial charge in [0.05, 0.1) is 24.2 Å². The van der Waals surface area contributed by atoms with Crippen LogP contribution in [-0.4, -0.2) is 42.1 Å². The summed E-state index contributed by atoms with van der Waals surface area (Å²) in [4.78, 5) is 19.4. The summed E-state index contributed by atoms with van der Waals surface area (Å²) in [5, 5.41) is 0. The Kier molecular flexibility index (Phi) is 5.97. The van der Waals surface area contributed by atoms with E-state index < -0.39 is 0 Å². The average Bonchev–Trinajstić information content (AvgIpc) is 3.02. The zero-order valence-corrected chi connectivity index (χ0v) is 17.3. The molecule has 0 radical (unpaired) electrons. The van der Waals surface area contributed by atoms with Gasteiger partial charge in [-0.2, -0.15) is 0 Å². The molecule has 1 saturated heterocycles. The van der Waals surface area contributed by atoms with Crippen LogP contribution >= 0.6 is 0 Å². The highest BCUT2D eigenvalue weighted by atomic mass is 16.5. The lowest BCUT2D eigenvalue weighted by Gasteiger charge is -2.40. The summed E-state index contributed by atoms with van der Waals surface area (Å²) < 4.78 is 11.8. The minimum absolute atomic E-state index is 0.130. The summed E-state index contributed by atoms with van der Waals surface area (Å²) in [6, 6.07) is 14.4. The van der Waals surface area contributed by atoms with E-state index in [9.17, 15) is 4.79 Å². The predicted octanol–water partition coefficient (Wildman–Crippen LogP) is 3.89. The Bertz CT molecular complexity index is 831. The molecule has 1 spiro atoms. The van der Waals surface area contributed by atoms with E-state index in [-0.39, 0.29) is 23.6 Å². The number of aromatic nitrogens is 1. The number of hydrogen-bond donors (Lipinski definition) is 0. The predicted molar refractivity (Wildman–Crippen MR) is 111 cm³/mol. The molecule has 3 heterocycles. The number of piperidine rings is 1. The molecular formula is C24H30N2O3. The Balaban J connectivity index is 1.42. The Morgan fingerprint density at radius 3 is 2.72 bits per heavy atom. The molecule has 5 nitrogen and oxygen atoms in total. The topological polar surface area (TPSA) is 51.7 Å². The van der Waals surface area contributed by atoms with Gasteiger partial charge in [-0.15, -0.1) is 0 Å². The van der Waals surface area contributed by atoms with Gasteiger partial charge in [-0.1, -0.05) is 30.3 Å². The standard InChI is InChI=1S/C24H30N2O3/c1-3-28-23(27)19(16-20-8-6-7-13-25-20)17-26-14-11-24(12-15-26)22-10-5-4-9-21(22)18(2)29-24/h4-10,13,18-19H,3,11-12,14-17H2,1-2H3. The molecule has 0 aliphatic carbocycles. The molecular weight excluding hydrogens is 364 g/mol. The minimum Gasteiger partial charge on any atom is -0.466 e. The molecule has 2 aromatic rings. The number of fused-ring (bicyclic) bond motifs is 2. The maximum Gasteiger partial charge on any atom is 0.310 e. The van der Waals surface area contributed by atoms with Gasteiger partial charge in [0, 0.05) is 37.9 Å². The lowest BCUT2D eigenvalue weighted by Crippen LogP contribution is -2.45. The van der Waals surface area contributed by atoms with E-state index in [2.05, 4.69) is 41.1 Å². The number of likely N-dealkylation sites (tertiary alicyclic amines) is 1. The number of esters is 1. The zero-order valence-electron chi connectivity index (χ0n) is 17.3. The molecule has 2 aliphatic rings. The number of nitrogens with zero attached hydrogens (tertiary/aromatic N) is 2. The Morgan fingerprint density at radius 1 is 1.24 bits per heavy atom. The maximum absolute atomic E-state index is 12.6. The first-order valence-corrected chi connectivity index (χ1v) is 10.7. The van der Waals surface area contributed by atoms with Gasteiger partial charge in [-0.3, -0.25) is 9.78 Å². The van der Waals surface area contributed by atoms with Crippen molar-refractivity contribution in [1.82, 2.24) is 9.88 Å². The first-order chi connectivity index (χ1) is 14.1. The third-order valence-electron chi connectivity index (χ3n) is 6.24. The van der Waals surface area contributed by atoms with Crippen LogP contribution in [0.3, 0.4) is 0 Å². The normalized spacial score (nSPS) is 21.7. The van der Waals surface area contributed by atoms with Crippen LogP contribution in [-0.2, 0) is 26.3 Å². The van der Waals surface area contributed by atoms with Crippen molar-refractivity contribution in [3.8, 4) is 0 Å². The van der Waals surface area contributed by atoms with Crippen molar-refractivity contribution < 1.29 is 14.3 Å². The smallest absolute Gasteiger partial charge is 0.310 e. The molecule has 5 heteroatoms. The van der Waals surface area contributed by atoms with Crippen LogP contribution < -0.4 is 0 Å². The van der Waals surface area contributed by atoms with Crippen molar-refractivity contribution in [2.45, 2.75) is 44.8 Å². The lowest BCUT2D eigenvalue weighted by molar-refractivity contribution is -0.149. The SMILES string of the molecule is CCOC(=O)C(Cc1ccccn1)CN1CCC2(CC1)OC(C)c1ccccc12. The molecule has 2 unspecified atom stereocenters. The molecule has 2 aliphatic heterocycles. The number of carbonyl (C=O) groups excluding carboxylic acids is 1. The fourth-order valence-electron chi connectivity index (χ4n) is 4.78. The van der Waals surface area contributed by atoms with Crippen LogP contribution in [0.4, 0.5) is 0 Å². The van der Waals surface area contributed by atoms with Gasteiger partial charge in [0.25, 0.3) is 0 Å². The zero-order chi connectivity index (χ0) is 20.3. The van der Waals surface area contributed by atoms with Crippen LogP contribution in [0.2, 0.25) is 0 Å². The van der Waals surface area contributed by atoms with Crippen molar-refractivity contribution >= 4 is 5.97 Å². The quantitative estimate of drug-likeness (QED) is 0.696. The molecule has 0 N–H and O–H groups in total. The third-order valence-corrected chi connectivity index (χ3v) is 6.24. The van der Waals surface area contributed by atoms with E-state index in [1.807, 2.05) is 25.1 Å². The van der Waals surface area contributed by atoms with Gasteiger partial charge in [0.2, 0.25) is 0 Å². The fourth-order valence-corrected chi connectivity index (χ4v) is 4.78. The summed E-state index contributed by atoms with van der Waals surface area (Å²) in [5.74, 6) is -0.330. The van der Waals surface area contributed by atoms with Crippen LogP contribution in [0.1, 0.15) is 49.6 Å². The first kappa shape index (κ1) is 20.0. The molecule has 1 fully saturated rings. The van der Waals surface area contributed by atoms with Gasteiger partial charge in [0.1, 0.15) is 0 Å². The number of hydrogen-bond acceptors (Lipinski definition) is 5. The fraction of sp³-hybridized carbons (Fsp3) is 0.500. The summed E-state index contributed by atoms with van der Waals surface area (Å²) in [6.45, 7) is 6.93. The average molecular weight is 395 g/mol. The molecule has 2 atom stereocenters. The van der Waals surface area contributed by atoms with Gasteiger partial charge < -0.3 is 14.4 Å². The van der Waals surface area contributed by atoms with Crippen molar-refractivity contribution in [1.29, 1.82) is 0 Å². The molecule has 0 saturated carbocycles. The third kappa shape index (κ3) is 4.21. The summed E-state index contributed by atoms with van der Waals surface area (Å²) in [7, 11) is 0. The molecule has 4 rings (SSSR count). The Morgan fingerprint density at radius 2 is 2.00 bits per heavy atom. The number of carbonyl (C=O) groups is 1. The van der Waals surface area contributed by atoms with E-state index in [0.29, 0.717) is 19.6 Å². The number of rotatable bonds is 6. The maximum atomic E-state index is 12.6. The molecule has 154 valence electrons. The van der Waals surface area contributed by atoms with Gasteiger partial charge in [-0.25, -0.2) is 0 Å². The van der Waals surface area contributed by atoms with Crippen molar-refractivity contribution in [2.75, 3.05) is 26.2 Å². The molecule has 0 bridgehead atoms. The van der Waals surface area contributed by atoms with E-state index in [1.165, 1.54) is 11.1 Å². The summed E-state index contributed by atoms with van der Waals surface area (Å²) >= 11 is 0. The number of benzene rings is 1. The summed E-state index contributed by atoms with van der Waals surface area (Å²) in [5.41, 5.74) is 3.43. The van der Waals surface area contributed by atoms with Crippen LogP contribution in [0.25, 0.3) is 0 Å². The highest BCUT2D eigenvalue weighted by Gasteiger charge is 2.45. The van der Waals surface area contributed by atoms with Crippen molar-refractivity contribution in [3.05, 3.63) is 65.5 Å². The second-order valence-electron chi connectivity index (χ2n) is 8.12. The molecule has 0 amide bonds. The second kappa shape index (κ2) is 8.64. The molecule has 1 aromatic heterocycles. The molecule has 1 aromatic carbocycles. The Hall–Kier alpha value is -2.24. The monoisotopic (exact) mass is 394 g/mol. The van der Waals surface area contributed by atoms with Crippen molar-refractivity contribution in [2.24, 2.45) is 5.92 Å². The highest BCUT2D eigenvalue weighted by molar-refractivity contribution is 5.73. The van der Waals surface area contributed by atoms with Crippen LogP contribution in [0.5, 0.6) is 0 Å². The minimum atomic E-state index is -0.199. The van der Waals surface area contributed by atoms with E-state index >= 15 is 0 Å². The first-order valence-electron chi connectivity index (χ1n) is 10.7. The largest absolute Gasteiger partial charge is 0.466 e. The van der Waals surface area contributed by atoms with E-state index in [4.69, 9.17) is 9.47 Å². The Labute approximate surface area is 173 Å². The van der Waals surface area contributed by atoms with Gasteiger partial charge >= 0.3 is 5.97 Å². The summed E-state index contributed by atoms with van der Waals surface area (Å²) in [6.07, 6.45) is 4.44. The van der Waals surface area contributed by atoms with Crippen molar-refractivity contribution in [3.63, 3.8) is 0 Å². The van der Waals surface area contributed by atoms with E-state index in [1.54, 1.807) is 6.20 Å². The van der Waals surface area contributed by atoms with E-state index in [0.717, 1.165) is 31.6 Å². The number of pyridine rings is 1. The second-order valence-corrected chi connectivity index (χ2v) is 8.12. The van der Waals surface area contributed by atoms with Crippen LogP contribution in [0, 0.1) is 5.92 Å². The van der Waals surface area contributed by atoms with Gasteiger partial charge in [0.15, 0.2) is 0 Å². The highest BCUT2D eigenvalue weighted by Crippen LogP contribution is 2.49. The molecule has 29 heavy (non-hydrogen) atoms. The van der Waals surface area contributed by atoms with Gasteiger partial charge in [-0.05, 0) is 49.9 Å². The lowest BCUT2D eigenvalue weighted by atomic mass is 9.83. The number of ether oxygens (including phenoxy) is 2. The van der Waals surface area contributed by atoms with Crippen LogP contribution in [0.15, 0.2) is 48.7 Å².